The molecule has 0 aromatic carbocycles. The Bertz CT molecular complexity index is 935. The third-order valence-electron chi connectivity index (χ3n) is 12.3. The molecule has 6 heteroatoms. The van der Waals surface area contributed by atoms with Crippen molar-refractivity contribution in [1.82, 2.24) is 5.32 Å². The first-order valence-electron chi connectivity index (χ1n) is 26.6. The van der Waals surface area contributed by atoms with Crippen molar-refractivity contribution in [3.8, 4) is 0 Å². The smallest absolute Gasteiger partial charge is 0.305 e. The molecule has 0 rings (SSSR count). The van der Waals surface area contributed by atoms with Crippen LogP contribution in [0.5, 0.6) is 0 Å². The first-order chi connectivity index (χ1) is 29.5. The second-order valence-electron chi connectivity index (χ2n) is 18.2. The Labute approximate surface area is 373 Å². The molecule has 0 aliphatic rings. The zero-order chi connectivity index (χ0) is 43.7. The molecule has 0 spiro atoms. The fraction of sp³-hybridized carbons (Fsp3) is 0.889. The van der Waals surface area contributed by atoms with Crippen LogP contribution in [0.2, 0.25) is 0 Å². The minimum Gasteiger partial charge on any atom is -0.466 e. The number of ether oxygens (including phenoxy) is 1. The lowest BCUT2D eigenvalue weighted by molar-refractivity contribution is -0.143. The van der Waals surface area contributed by atoms with Crippen LogP contribution in [0.15, 0.2) is 24.3 Å². The molecular formula is C54H103NO5. The molecule has 60 heavy (non-hydrogen) atoms. The van der Waals surface area contributed by atoms with E-state index in [1.165, 1.54) is 180 Å². The van der Waals surface area contributed by atoms with Crippen LogP contribution in [0.1, 0.15) is 284 Å². The molecule has 0 radical (unpaired) electrons. The van der Waals surface area contributed by atoms with Gasteiger partial charge in [-0.2, -0.15) is 0 Å². The van der Waals surface area contributed by atoms with Gasteiger partial charge >= 0.3 is 5.97 Å². The number of aliphatic hydroxyl groups is 2. The maximum Gasteiger partial charge on any atom is 0.305 e. The van der Waals surface area contributed by atoms with Crippen molar-refractivity contribution in [3.05, 3.63) is 24.3 Å². The van der Waals surface area contributed by atoms with E-state index in [2.05, 4.69) is 43.5 Å². The molecule has 0 aromatic heterocycles. The van der Waals surface area contributed by atoms with Crippen LogP contribution in [-0.2, 0) is 14.3 Å². The van der Waals surface area contributed by atoms with Gasteiger partial charge in [-0.05, 0) is 51.4 Å². The molecule has 354 valence electrons. The molecule has 1 amide bonds. The second kappa shape index (κ2) is 50.0. The van der Waals surface area contributed by atoms with Crippen molar-refractivity contribution in [3.63, 3.8) is 0 Å². The highest BCUT2D eigenvalue weighted by atomic mass is 16.5. The van der Waals surface area contributed by atoms with Gasteiger partial charge in [-0.3, -0.25) is 9.59 Å². The van der Waals surface area contributed by atoms with Crippen molar-refractivity contribution >= 4 is 11.9 Å². The number of hydrogen-bond donors (Lipinski definition) is 3. The van der Waals surface area contributed by atoms with Crippen LogP contribution < -0.4 is 5.32 Å². The summed E-state index contributed by atoms with van der Waals surface area (Å²) in [5, 5.41) is 23.3. The summed E-state index contributed by atoms with van der Waals surface area (Å²) >= 11 is 0. The van der Waals surface area contributed by atoms with Gasteiger partial charge in [0.2, 0.25) is 5.91 Å². The van der Waals surface area contributed by atoms with E-state index in [1.807, 2.05) is 0 Å². The van der Waals surface area contributed by atoms with E-state index >= 15 is 0 Å². The van der Waals surface area contributed by atoms with E-state index in [1.54, 1.807) is 0 Å². The Morgan fingerprint density at radius 2 is 0.850 bits per heavy atom. The normalized spacial score (nSPS) is 12.8. The zero-order valence-electron chi connectivity index (χ0n) is 40.2. The molecule has 0 aromatic rings. The predicted octanol–water partition coefficient (Wildman–Crippen LogP) is 15.9. The zero-order valence-corrected chi connectivity index (χ0v) is 40.2. The minimum absolute atomic E-state index is 0.0390. The quantitative estimate of drug-likeness (QED) is 0.0322. The number of allylic oxidation sites excluding steroid dienone is 4. The van der Waals surface area contributed by atoms with E-state index in [-0.39, 0.29) is 18.5 Å². The van der Waals surface area contributed by atoms with Crippen LogP contribution in [0.3, 0.4) is 0 Å². The van der Waals surface area contributed by atoms with Gasteiger partial charge in [0, 0.05) is 12.8 Å². The van der Waals surface area contributed by atoms with Gasteiger partial charge in [-0.1, -0.05) is 244 Å². The van der Waals surface area contributed by atoms with Crippen LogP contribution in [-0.4, -0.2) is 47.4 Å². The van der Waals surface area contributed by atoms with Gasteiger partial charge in [-0.25, -0.2) is 0 Å². The van der Waals surface area contributed by atoms with E-state index < -0.39 is 12.1 Å². The fourth-order valence-corrected chi connectivity index (χ4v) is 8.13. The van der Waals surface area contributed by atoms with E-state index in [4.69, 9.17) is 4.74 Å². The van der Waals surface area contributed by atoms with Gasteiger partial charge in [0.15, 0.2) is 0 Å². The SMILES string of the molecule is CCCC/C=C\C/C=C\CCCCCCCC(=O)OCCCCCCCCCCCC(=O)NC(CO)C(O)CCCCCCCCCCCCCCCCCCCCCC. The molecule has 2 unspecified atom stereocenters. The van der Waals surface area contributed by atoms with Gasteiger partial charge in [0.1, 0.15) is 0 Å². The predicted molar refractivity (Wildman–Crippen MR) is 260 cm³/mol. The molecule has 0 heterocycles. The van der Waals surface area contributed by atoms with Crippen molar-refractivity contribution in [2.45, 2.75) is 296 Å². The highest BCUT2D eigenvalue weighted by molar-refractivity contribution is 5.76. The maximum atomic E-state index is 12.5. The molecule has 0 saturated carbocycles. The van der Waals surface area contributed by atoms with Crippen molar-refractivity contribution in [2.75, 3.05) is 13.2 Å². The Kier molecular flexibility index (Phi) is 48.6. The Morgan fingerprint density at radius 1 is 0.467 bits per heavy atom. The summed E-state index contributed by atoms with van der Waals surface area (Å²) in [6, 6.07) is -0.563. The third kappa shape index (κ3) is 45.9. The molecule has 6 nitrogen and oxygen atoms in total. The van der Waals surface area contributed by atoms with Crippen LogP contribution in [0.4, 0.5) is 0 Å². The summed E-state index contributed by atoms with van der Waals surface area (Å²) < 4.78 is 5.44. The highest BCUT2D eigenvalue weighted by Gasteiger charge is 2.20. The van der Waals surface area contributed by atoms with E-state index in [0.717, 1.165) is 70.6 Å². The number of unbranched alkanes of at least 4 members (excludes halogenated alkanes) is 34. The molecule has 0 aliphatic carbocycles. The minimum atomic E-state index is -0.683. The van der Waals surface area contributed by atoms with Crippen LogP contribution >= 0.6 is 0 Å². The summed E-state index contributed by atoms with van der Waals surface area (Å²) in [4.78, 5) is 24.5. The van der Waals surface area contributed by atoms with E-state index in [0.29, 0.717) is 25.9 Å². The van der Waals surface area contributed by atoms with Crippen molar-refractivity contribution < 1.29 is 24.5 Å². The fourth-order valence-electron chi connectivity index (χ4n) is 8.13. The number of hydrogen-bond acceptors (Lipinski definition) is 5. The summed E-state index contributed by atoms with van der Waals surface area (Å²) in [6.45, 7) is 4.85. The number of amides is 1. The first kappa shape index (κ1) is 58.3. The molecule has 0 aliphatic heterocycles. The van der Waals surface area contributed by atoms with Crippen LogP contribution in [0, 0.1) is 0 Å². The first-order valence-corrected chi connectivity index (χ1v) is 26.6. The number of carbonyl (C=O) groups is 2. The number of esters is 1. The largest absolute Gasteiger partial charge is 0.466 e. The standard InChI is InChI=1S/C54H103NO5/c1-3-5-7-9-11-13-15-17-19-20-21-22-23-24-25-27-30-34-38-42-46-52(57)51(50-56)55-53(58)47-43-39-35-31-29-33-37-41-45-49-60-54(59)48-44-40-36-32-28-26-18-16-14-12-10-8-6-4-2/h10,12,16,18,51-52,56-57H,3-9,11,13-15,17,19-50H2,1-2H3,(H,55,58)/b12-10-,18-16-. The topological polar surface area (TPSA) is 95.9 Å². The maximum absolute atomic E-state index is 12.5. The molecule has 0 fully saturated rings. The lowest BCUT2D eigenvalue weighted by atomic mass is 10.0. The summed E-state index contributed by atoms with van der Waals surface area (Å²) in [5.74, 6) is -0.101. The third-order valence-corrected chi connectivity index (χ3v) is 12.3. The summed E-state index contributed by atoms with van der Waals surface area (Å²) in [7, 11) is 0. The average molecular weight is 846 g/mol. The molecule has 0 saturated heterocycles. The van der Waals surface area contributed by atoms with Crippen LogP contribution in [0.25, 0.3) is 0 Å². The molecule has 2 atom stereocenters. The Balaban J connectivity index is 3.50. The van der Waals surface area contributed by atoms with Crippen molar-refractivity contribution in [1.29, 1.82) is 0 Å². The number of carbonyl (C=O) groups excluding carboxylic acids is 2. The van der Waals surface area contributed by atoms with Gasteiger partial charge in [0.25, 0.3) is 0 Å². The lowest BCUT2D eigenvalue weighted by Gasteiger charge is -2.22. The Morgan fingerprint density at radius 3 is 1.32 bits per heavy atom. The monoisotopic (exact) mass is 846 g/mol. The number of nitrogens with one attached hydrogen (secondary N) is 1. The lowest BCUT2D eigenvalue weighted by Crippen LogP contribution is -2.45. The Hall–Kier alpha value is -1.66. The second-order valence-corrected chi connectivity index (χ2v) is 18.2. The summed E-state index contributed by atoms with van der Waals surface area (Å²) in [5.41, 5.74) is 0. The van der Waals surface area contributed by atoms with Gasteiger partial charge < -0.3 is 20.3 Å². The van der Waals surface area contributed by atoms with Gasteiger partial charge in [-0.15, -0.1) is 0 Å². The molecule has 0 bridgehead atoms. The summed E-state index contributed by atoms with van der Waals surface area (Å²) in [6.07, 6.45) is 58.6. The number of aliphatic hydroxyl groups excluding tert-OH is 2. The van der Waals surface area contributed by atoms with Crippen molar-refractivity contribution in [2.24, 2.45) is 0 Å². The highest BCUT2D eigenvalue weighted by Crippen LogP contribution is 2.17. The van der Waals surface area contributed by atoms with E-state index in [9.17, 15) is 19.8 Å². The average Bonchev–Trinajstić information content (AvgIpc) is 3.25. The number of rotatable bonds is 49. The van der Waals surface area contributed by atoms with Gasteiger partial charge in [0.05, 0.1) is 25.4 Å². The molecular weight excluding hydrogens is 743 g/mol. The molecule has 3 N–H and O–H groups in total.